The molecule has 84 valence electrons. The average Bonchev–Trinajstić information content (AvgIpc) is 2.83. The van der Waals surface area contributed by atoms with Crippen LogP contribution in [0.4, 0.5) is 10.2 Å². The molecule has 0 fully saturated rings. The Hall–Kier alpha value is -2.01. The summed E-state index contributed by atoms with van der Waals surface area (Å²) in [5.41, 5.74) is 7.39. The van der Waals surface area contributed by atoms with Gasteiger partial charge in [-0.25, -0.2) is 14.4 Å². The lowest BCUT2D eigenvalue weighted by Gasteiger charge is -2.04. The van der Waals surface area contributed by atoms with Gasteiger partial charge in [0.2, 0.25) is 0 Å². The Labute approximate surface area is 101 Å². The van der Waals surface area contributed by atoms with E-state index in [0.717, 1.165) is 5.56 Å². The first-order valence-corrected chi connectivity index (χ1v) is 5.94. The van der Waals surface area contributed by atoms with Crippen LogP contribution in [0.1, 0.15) is 0 Å². The summed E-state index contributed by atoms with van der Waals surface area (Å²) in [6, 6.07) is 6.25. The maximum Gasteiger partial charge on any atom is 0.162 e. The number of fused-ring (bicyclic) bond motifs is 1. The zero-order valence-electron chi connectivity index (χ0n) is 8.72. The monoisotopic (exact) mass is 245 g/mol. The smallest absolute Gasteiger partial charge is 0.162 e. The fourth-order valence-electron chi connectivity index (χ4n) is 1.65. The molecule has 0 aliphatic heterocycles. The van der Waals surface area contributed by atoms with Gasteiger partial charge in [-0.1, -0.05) is 0 Å². The van der Waals surface area contributed by atoms with Crippen molar-refractivity contribution in [2.45, 2.75) is 0 Å². The number of anilines is 1. The van der Waals surface area contributed by atoms with Gasteiger partial charge in [-0.3, -0.25) is 0 Å². The zero-order chi connectivity index (χ0) is 11.8. The third kappa shape index (κ3) is 1.74. The molecule has 2 heterocycles. The Bertz CT molecular complexity index is 680. The molecule has 0 radical (unpaired) electrons. The van der Waals surface area contributed by atoms with Crippen molar-refractivity contribution in [3.05, 3.63) is 40.8 Å². The molecule has 2 aromatic heterocycles. The van der Waals surface area contributed by atoms with Crippen LogP contribution >= 0.6 is 11.3 Å². The lowest BCUT2D eigenvalue weighted by molar-refractivity contribution is 0.629. The minimum atomic E-state index is -0.337. The molecule has 0 bridgehead atoms. The molecular formula is C12H8FN3S. The molecule has 3 aromatic rings. The molecule has 0 aliphatic rings. The lowest BCUT2D eigenvalue weighted by atomic mass is 10.2. The van der Waals surface area contributed by atoms with Gasteiger partial charge in [-0.2, -0.15) is 11.3 Å². The molecular weight excluding hydrogens is 237 g/mol. The summed E-state index contributed by atoms with van der Waals surface area (Å²) >= 11 is 1.57. The first-order chi connectivity index (χ1) is 8.24. The van der Waals surface area contributed by atoms with Crippen molar-refractivity contribution >= 4 is 28.1 Å². The molecule has 1 aromatic carbocycles. The molecule has 0 aliphatic carbocycles. The zero-order valence-corrected chi connectivity index (χ0v) is 9.54. The standard InChI is InChI=1S/C12H8FN3S/c13-8-1-2-10-9(5-8)11(14)16-12(15-10)7-3-4-17-6-7/h1-6H,(H2,14,15,16). The van der Waals surface area contributed by atoms with Crippen LogP contribution in [0.15, 0.2) is 35.0 Å². The van der Waals surface area contributed by atoms with Crippen LogP contribution < -0.4 is 5.73 Å². The van der Waals surface area contributed by atoms with Crippen molar-refractivity contribution in [2.75, 3.05) is 5.73 Å². The maximum atomic E-state index is 13.1. The van der Waals surface area contributed by atoms with E-state index in [-0.39, 0.29) is 5.82 Å². The predicted octanol–water partition coefficient (Wildman–Crippen LogP) is 3.08. The van der Waals surface area contributed by atoms with Crippen molar-refractivity contribution < 1.29 is 4.39 Å². The van der Waals surface area contributed by atoms with Gasteiger partial charge in [0.15, 0.2) is 5.82 Å². The first kappa shape index (κ1) is 10.2. The van der Waals surface area contributed by atoms with E-state index < -0.39 is 0 Å². The average molecular weight is 245 g/mol. The largest absolute Gasteiger partial charge is 0.383 e. The number of nitrogen functional groups attached to an aromatic ring is 1. The molecule has 0 spiro atoms. The minimum Gasteiger partial charge on any atom is -0.383 e. The topological polar surface area (TPSA) is 51.8 Å². The number of hydrogen-bond acceptors (Lipinski definition) is 4. The van der Waals surface area contributed by atoms with Gasteiger partial charge in [-0.05, 0) is 29.6 Å². The number of aromatic nitrogens is 2. The van der Waals surface area contributed by atoms with Gasteiger partial charge in [0.25, 0.3) is 0 Å². The molecule has 17 heavy (non-hydrogen) atoms. The summed E-state index contributed by atoms with van der Waals surface area (Å²) < 4.78 is 13.1. The second-order valence-corrected chi connectivity index (χ2v) is 4.39. The van der Waals surface area contributed by atoms with E-state index in [1.807, 2.05) is 16.8 Å². The maximum absolute atomic E-state index is 13.1. The van der Waals surface area contributed by atoms with Gasteiger partial charge in [0.1, 0.15) is 11.6 Å². The van der Waals surface area contributed by atoms with E-state index in [1.54, 1.807) is 17.4 Å². The Balaban J connectivity index is 2.28. The van der Waals surface area contributed by atoms with Crippen LogP contribution in [0.2, 0.25) is 0 Å². The number of nitrogens with zero attached hydrogens (tertiary/aromatic N) is 2. The Morgan fingerprint density at radius 3 is 2.82 bits per heavy atom. The number of benzene rings is 1. The Morgan fingerprint density at radius 2 is 2.06 bits per heavy atom. The normalized spacial score (nSPS) is 10.9. The van der Waals surface area contributed by atoms with Crippen LogP contribution in [0, 0.1) is 5.82 Å². The van der Waals surface area contributed by atoms with Crippen molar-refractivity contribution in [3.8, 4) is 11.4 Å². The van der Waals surface area contributed by atoms with Crippen molar-refractivity contribution in [1.82, 2.24) is 9.97 Å². The van der Waals surface area contributed by atoms with E-state index in [0.29, 0.717) is 22.5 Å². The van der Waals surface area contributed by atoms with Crippen LogP contribution in [-0.2, 0) is 0 Å². The third-order valence-corrected chi connectivity index (χ3v) is 3.15. The van der Waals surface area contributed by atoms with Gasteiger partial charge in [0.05, 0.1) is 5.52 Å². The highest BCUT2D eigenvalue weighted by atomic mass is 32.1. The molecule has 0 saturated heterocycles. The van der Waals surface area contributed by atoms with Crippen LogP contribution in [0.5, 0.6) is 0 Å². The number of halogens is 1. The minimum absolute atomic E-state index is 0.302. The number of rotatable bonds is 1. The van der Waals surface area contributed by atoms with E-state index in [2.05, 4.69) is 9.97 Å². The molecule has 0 atom stereocenters. The molecule has 0 saturated carbocycles. The Kier molecular flexibility index (Phi) is 2.26. The van der Waals surface area contributed by atoms with Gasteiger partial charge < -0.3 is 5.73 Å². The van der Waals surface area contributed by atoms with Crippen LogP contribution in [0.3, 0.4) is 0 Å². The van der Waals surface area contributed by atoms with Crippen LogP contribution in [0.25, 0.3) is 22.3 Å². The van der Waals surface area contributed by atoms with Gasteiger partial charge >= 0.3 is 0 Å². The highest BCUT2D eigenvalue weighted by Crippen LogP contribution is 2.24. The van der Waals surface area contributed by atoms with E-state index >= 15 is 0 Å². The predicted molar refractivity (Wildman–Crippen MR) is 67.2 cm³/mol. The fourth-order valence-corrected chi connectivity index (χ4v) is 2.28. The quantitative estimate of drug-likeness (QED) is 0.716. The molecule has 5 heteroatoms. The highest BCUT2D eigenvalue weighted by Gasteiger charge is 2.08. The lowest BCUT2D eigenvalue weighted by Crippen LogP contribution is -1.97. The number of hydrogen-bond donors (Lipinski definition) is 1. The van der Waals surface area contributed by atoms with E-state index in [4.69, 9.17) is 5.73 Å². The molecule has 3 rings (SSSR count). The second kappa shape index (κ2) is 3.78. The summed E-state index contributed by atoms with van der Waals surface area (Å²) in [4.78, 5) is 8.56. The fraction of sp³-hybridized carbons (Fsp3) is 0. The summed E-state index contributed by atoms with van der Waals surface area (Å²) in [5, 5.41) is 4.44. The van der Waals surface area contributed by atoms with Crippen molar-refractivity contribution in [1.29, 1.82) is 0 Å². The summed E-state index contributed by atoms with van der Waals surface area (Å²) in [7, 11) is 0. The highest BCUT2D eigenvalue weighted by molar-refractivity contribution is 7.08. The second-order valence-electron chi connectivity index (χ2n) is 3.61. The van der Waals surface area contributed by atoms with Gasteiger partial charge in [-0.15, -0.1) is 0 Å². The summed E-state index contributed by atoms with van der Waals surface area (Å²) in [6.45, 7) is 0. The van der Waals surface area contributed by atoms with Gasteiger partial charge in [0, 0.05) is 16.3 Å². The SMILES string of the molecule is Nc1nc(-c2ccsc2)nc2ccc(F)cc12. The van der Waals surface area contributed by atoms with E-state index in [9.17, 15) is 4.39 Å². The van der Waals surface area contributed by atoms with E-state index in [1.165, 1.54) is 12.1 Å². The molecule has 0 amide bonds. The third-order valence-electron chi connectivity index (χ3n) is 2.47. The number of nitrogens with two attached hydrogens (primary N) is 1. The van der Waals surface area contributed by atoms with Crippen molar-refractivity contribution in [3.63, 3.8) is 0 Å². The number of thiophene rings is 1. The summed E-state index contributed by atoms with van der Waals surface area (Å²) in [5.74, 6) is 0.537. The molecule has 2 N–H and O–H groups in total. The first-order valence-electron chi connectivity index (χ1n) is 4.99. The van der Waals surface area contributed by atoms with Crippen LogP contribution in [-0.4, -0.2) is 9.97 Å². The molecule has 0 unspecified atom stereocenters. The summed E-state index contributed by atoms with van der Waals surface area (Å²) in [6.07, 6.45) is 0. The Morgan fingerprint density at radius 1 is 1.18 bits per heavy atom. The van der Waals surface area contributed by atoms with Crippen molar-refractivity contribution in [2.24, 2.45) is 0 Å². The molecule has 3 nitrogen and oxygen atoms in total.